The third kappa shape index (κ3) is 4.87. The van der Waals surface area contributed by atoms with Crippen molar-refractivity contribution in [3.8, 4) is 5.75 Å². The smallest absolute Gasteiger partial charge is 0.251 e. The van der Waals surface area contributed by atoms with Gasteiger partial charge in [-0.15, -0.1) is 5.10 Å². The van der Waals surface area contributed by atoms with Crippen molar-refractivity contribution < 1.29 is 13.9 Å². The Labute approximate surface area is 156 Å². The predicted octanol–water partition coefficient (Wildman–Crippen LogP) is 2.90. The first-order chi connectivity index (χ1) is 13.0. The molecule has 0 aliphatic heterocycles. The normalized spacial score (nSPS) is 10.8. The molecule has 1 N–H and O–H groups in total. The number of aromatic nitrogens is 4. The number of carbonyl (C=O) groups is 1. The Morgan fingerprint density at radius 3 is 2.52 bits per heavy atom. The van der Waals surface area contributed by atoms with Crippen LogP contribution in [0.4, 0.5) is 4.39 Å². The molecule has 1 heterocycles. The van der Waals surface area contributed by atoms with E-state index in [1.807, 2.05) is 13.8 Å². The van der Waals surface area contributed by atoms with Gasteiger partial charge in [0.05, 0.1) is 6.04 Å². The molecule has 0 spiro atoms. The average molecular weight is 369 g/mol. The number of carbonyl (C=O) groups excluding carboxylic acids is 1. The number of amides is 1. The number of benzene rings is 2. The van der Waals surface area contributed by atoms with Crippen LogP contribution >= 0.6 is 0 Å². The van der Waals surface area contributed by atoms with Gasteiger partial charge in [-0.3, -0.25) is 4.79 Å². The monoisotopic (exact) mass is 369 g/mol. The van der Waals surface area contributed by atoms with Crippen LogP contribution in [0.15, 0.2) is 48.5 Å². The molecule has 1 amide bonds. The van der Waals surface area contributed by atoms with Gasteiger partial charge < -0.3 is 10.1 Å². The molecule has 0 radical (unpaired) electrons. The lowest BCUT2D eigenvalue weighted by Gasteiger charge is -2.10. The first-order valence-electron chi connectivity index (χ1n) is 8.55. The van der Waals surface area contributed by atoms with Crippen LogP contribution in [0.25, 0.3) is 0 Å². The summed E-state index contributed by atoms with van der Waals surface area (Å²) in [4.78, 5) is 12.2. The van der Waals surface area contributed by atoms with Crippen LogP contribution in [0.2, 0.25) is 0 Å². The molecule has 8 heteroatoms. The van der Waals surface area contributed by atoms with Crippen molar-refractivity contribution in [1.29, 1.82) is 0 Å². The summed E-state index contributed by atoms with van der Waals surface area (Å²) in [5, 5.41) is 14.3. The van der Waals surface area contributed by atoms with E-state index in [2.05, 4.69) is 20.8 Å². The van der Waals surface area contributed by atoms with Crippen molar-refractivity contribution in [3.05, 3.63) is 71.3 Å². The fourth-order valence-corrected chi connectivity index (χ4v) is 2.45. The van der Waals surface area contributed by atoms with Gasteiger partial charge >= 0.3 is 0 Å². The molecule has 3 rings (SSSR count). The van der Waals surface area contributed by atoms with E-state index in [0.29, 0.717) is 23.7 Å². The van der Waals surface area contributed by atoms with E-state index in [0.717, 1.165) is 5.56 Å². The Morgan fingerprint density at radius 1 is 1.15 bits per heavy atom. The van der Waals surface area contributed by atoms with Gasteiger partial charge in [-0.05, 0) is 66.2 Å². The second-order valence-corrected chi connectivity index (χ2v) is 6.26. The fourth-order valence-electron chi connectivity index (χ4n) is 2.45. The Morgan fingerprint density at radius 2 is 1.85 bits per heavy atom. The first kappa shape index (κ1) is 18.5. The molecule has 0 fully saturated rings. The summed E-state index contributed by atoms with van der Waals surface area (Å²) in [6.07, 6.45) is 0. The van der Waals surface area contributed by atoms with Crippen molar-refractivity contribution in [2.45, 2.75) is 33.0 Å². The van der Waals surface area contributed by atoms with E-state index in [1.165, 1.54) is 12.1 Å². The van der Waals surface area contributed by atoms with Crippen LogP contribution < -0.4 is 10.1 Å². The lowest BCUT2D eigenvalue weighted by Crippen LogP contribution is -2.22. The van der Waals surface area contributed by atoms with E-state index in [9.17, 15) is 9.18 Å². The highest BCUT2D eigenvalue weighted by Crippen LogP contribution is 2.15. The van der Waals surface area contributed by atoms with Crippen LogP contribution in [-0.2, 0) is 13.2 Å². The molecular formula is C19H20FN5O2. The van der Waals surface area contributed by atoms with Crippen molar-refractivity contribution in [2.75, 3.05) is 0 Å². The number of hydrogen-bond acceptors (Lipinski definition) is 5. The second-order valence-electron chi connectivity index (χ2n) is 6.26. The molecule has 2 aromatic carbocycles. The maximum atomic E-state index is 12.9. The molecule has 3 aromatic rings. The Balaban J connectivity index is 1.54. The number of hydrogen-bond donors (Lipinski definition) is 1. The Kier molecular flexibility index (Phi) is 5.75. The molecule has 140 valence electrons. The van der Waals surface area contributed by atoms with E-state index < -0.39 is 0 Å². The zero-order chi connectivity index (χ0) is 19.2. The van der Waals surface area contributed by atoms with E-state index in [-0.39, 0.29) is 24.4 Å². The predicted molar refractivity (Wildman–Crippen MR) is 96.5 cm³/mol. The molecule has 0 aliphatic rings. The summed E-state index contributed by atoms with van der Waals surface area (Å²) in [5.41, 5.74) is 1.34. The molecule has 0 atom stereocenters. The van der Waals surface area contributed by atoms with Crippen molar-refractivity contribution >= 4 is 5.91 Å². The number of nitrogens with zero attached hydrogens (tertiary/aromatic N) is 4. The molecule has 0 bridgehead atoms. The molecular weight excluding hydrogens is 349 g/mol. The van der Waals surface area contributed by atoms with Gasteiger partial charge in [-0.25, -0.2) is 9.07 Å². The van der Waals surface area contributed by atoms with Gasteiger partial charge in [-0.2, -0.15) is 0 Å². The summed E-state index contributed by atoms with van der Waals surface area (Å²) in [6, 6.07) is 12.9. The minimum atomic E-state index is -0.303. The van der Waals surface area contributed by atoms with Gasteiger partial charge in [0.25, 0.3) is 5.91 Å². The molecule has 0 saturated carbocycles. The zero-order valence-corrected chi connectivity index (χ0v) is 15.1. The van der Waals surface area contributed by atoms with E-state index in [1.54, 1.807) is 41.1 Å². The van der Waals surface area contributed by atoms with Gasteiger partial charge in [0, 0.05) is 12.1 Å². The van der Waals surface area contributed by atoms with E-state index >= 15 is 0 Å². The van der Waals surface area contributed by atoms with Crippen LogP contribution in [0.5, 0.6) is 5.75 Å². The first-order valence-corrected chi connectivity index (χ1v) is 8.55. The largest absolute Gasteiger partial charge is 0.486 e. The van der Waals surface area contributed by atoms with Crippen LogP contribution in [0.3, 0.4) is 0 Å². The number of halogens is 1. The van der Waals surface area contributed by atoms with Gasteiger partial charge in [0.15, 0.2) is 5.82 Å². The third-order valence-corrected chi connectivity index (χ3v) is 3.90. The number of ether oxygens (including phenoxy) is 1. The molecule has 0 saturated heterocycles. The average Bonchev–Trinajstić information content (AvgIpc) is 3.15. The molecule has 0 aliphatic carbocycles. The molecule has 27 heavy (non-hydrogen) atoms. The lowest BCUT2D eigenvalue weighted by molar-refractivity contribution is 0.0951. The summed E-state index contributed by atoms with van der Waals surface area (Å²) in [6.45, 7) is 4.54. The quantitative estimate of drug-likeness (QED) is 0.692. The third-order valence-electron chi connectivity index (χ3n) is 3.90. The van der Waals surface area contributed by atoms with Gasteiger partial charge in [-0.1, -0.05) is 12.1 Å². The van der Waals surface area contributed by atoms with Crippen LogP contribution in [0, 0.1) is 5.82 Å². The lowest BCUT2D eigenvalue weighted by atomic mass is 10.2. The summed E-state index contributed by atoms with van der Waals surface area (Å²) >= 11 is 0. The number of nitrogens with one attached hydrogen (secondary N) is 1. The van der Waals surface area contributed by atoms with Crippen molar-refractivity contribution in [3.63, 3.8) is 0 Å². The second kappa shape index (κ2) is 8.39. The summed E-state index contributed by atoms with van der Waals surface area (Å²) < 4.78 is 20.3. The van der Waals surface area contributed by atoms with Gasteiger partial charge in [0.2, 0.25) is 0 Å². The minimum Gasteiger partial charge on any atom is -0.486 e. The zero-order valence-electron chi connectivity index (χ0n) is 15.1. The Hall–Kier alpha value is -3.29. The highest BCUT2D eigenvalue weighted by atomic mass is 19.1. The highest BCUT2D eigenvalue weighted by Gasteiger charge is 2.10. The van der Waals surface area contributed by atoms with Crippen LogP contribution in [0.1, 0.15) is 41.6 Å². The molecule has 1 aromatic heterocycles. The number of tetrazole rings is 1. The highest BCUT2D eigenvalue weighted by molar-refractivity contribution is 5.94. The minimum absolute atomic E-state index is 0.144. The van der Waals surface area contributed by atoms with Crippen LogP contribution in [-0.4, -0.2) is 26.1 Å². The summed E-state index contributed by atoms with van der Waals surface area (Å²) in [5.74, 6) is 0.729. The Bertz CT molecular complexity index is 891. The fraction of sp³-hybridized carbons (Fsp3) is 0.263. The number of rotatable bonds is 7. The molecule has 7 nitrogen and oxygen atoms in total. The summed E-state index contributed by atoms with van der Waals surface area (Å²) in [7, 11) is 0. The van der Waals surface area contributed by atoms with Crippen molar-refractivity contribution in [1.82, 2.24) is 25.5 Å². The topological polar surface area (TPSA) is 81.9 Å². The van der Waals surface area contributed by atoms with Crippen molar-refractivity contribution in [2.24, 2.45) is 0 Å². The van der Waals surface area contributed by atoms with E-state index in [4.69, 9.17) is 4.74 Å². The maximum Gasteiger partial charge on any atom is 0.251 e. The maximum absolute atomic E-state index is 12.9. The molecule has 0 unspecified atom stereocenters. The SMILES string of the molecule is CC(C)n1nnnc1COc1ccc(C(=O)NCc2ccc(F)cc2)cc1. The van der Waals surface area contributed by atoms with Gasteiger partial charge in [0.1, 0.15) is 18.2 Å². The standard InChI is InChI=1S/C19H20FN5O2/c1-13(2)25-18(22-23-24-25)12-27-17-9-5-15(6-10-17)19(26)21-11-14-3-7-16(20)8-4-14/h3-10,13H,11-12H2,1-2H3,(H,21,26).